The first-order valence-corrected chi connectivity index (χ1v) is 8.45. The van der Waals surface area contributed by atoms with Crippen molar-refractivity contribution >= 4 is 28.3 Å². The van der Waals surface area contributed by atoms with Crippen LogP contribution in [0.25, 0.3) is 0 Å². The third-order valence-electron chi connectivity index (χ3n) is 4.12. The minimum absolute atomic E-state index is 0.00745. The van der Waals surface area contributed by atoms with Crippen LogP contribution in [-0.4, -0.2) is 16.8 Å². The molecule has 2 rings (SSSR count). The maximum Gasteiger partial charge on any atom is 0.226 e. The first kappa shape index (κ1) is 15.9. The Morgan fingerprint density at radius 2 is 2.14 bits per heavy atom. The van der Waals surface area contributed by atoms with Crippen LogP contribution < -0.4 is 11.1 Å². The summed E-state index contributed by atoms with van der Waals surface area (Å²) in [6, 6.07) is 0. The molecule has 0 aromatic carbocycles. The lowest BCUT2D eigenvalue weighted by Gasteiger charge is -2.27. The van der Waals surface area contributed by atoms with Crippen LogP contribution in [0.1, 0.15) is 51.1 Å². The Hall–Kier alpha value is -1.43. The van der Waals surface area contributed by atoms with E-state index < -0.39 is 5.91 Å². The number of thiazole rings is 1. The summed E-state index contributed by atoms with van der Waals surface area (Å²) < 4.78 is 0. The van der Waals surface area contributed by atoms with Gasteiger partial charge in [0, 0.05) is 11.8 Å². The van der Waals surface area contributed by atoms with Crippen molar-refractivity contribution in [3.8, 4) is 0 Å². The van der Waals surface area contributed by atoms with E-state index in [-0.39, 0.29) is 12.3 Å². The Bertz CT molecular complexity index is 495. The van der Waals surface area contributed by atoms with Crippen LogP contribution in [0.15, 0.2) is 5.38 Å². The molecule has 2 amide bonds. The quantitative estimate of drug-likeness (QED) is 0.847. The molecule has 1 fully saturated rings. The molecule has 0 aliphatic heterocycles. The maximum atomic E-state index is 12.1. The second-order valence-electron chi connectivity index (χ2n) is 5.91. The summed E-state index contributed by atoms with van der Waals surface area (Å²) in [5, 5.41) is 5.13. The number of nitrogens with one attached hydrogen (secondary N) is 1. The van der Waals surface area contributed by atoms with Crippen molar-refractivity contribution in [1.29, 1.82) is 0 Å². The van der Waals surface area contributed by atoms with Gasteiger partial charge in [0.1, 0.15) is 0 Å². The van der Waals surface area contributed by atoms with Gasteiger partial charge in [-0.25, -0.2) is 4.98 Å². The zero-order valence-electron chi connectivity index (χ0n) is 12.4. The number of aromatic nitrogens is 1. The predicted molar refractivity (Wildman–Crippen MR) is 84.0 cm³/mol. The molecule has 1 aromatic rings. The molecule has 0 saturated heterocycles. The highest BCUT2D eigenvalue weighted by atomic mass is 32.1. The molecule has 1 atom stereocenters. The molecule has 0 radical (unpaired) electrons. The van der Waals surface area contributed by atoms with Crippen LogP contribution in [0.5, 0.6) is 0 Å². The number of hydrogen-bond donors (Lipinski definition) is 2. The molecular formula is C15H23N3O2S. The largest absolute Gasteiger partial charge is 0.369 e. The van der Waals surface area contributed by atoms with E-state index in [1.54, 1.807) is 5.38 Å². The number of carbonyl (C=O) groups is 2. The second kappa shape index (κ2) is 7.54. The van der Waals surface area contributed by atoms with Gasteiger partial charge in [-0.3, -0.25) is 9.59 Å². The van der Waals surface area contributed by atoms with E-state index in [2.05, 4.69) is 17.2 Å². The highest BCUT2D eigenvalue weighted by Crippen LogP contribution is 2.31. The van der Waals surface area contributed by atoms with Crippen molar-refractivity contribution in [2.75, 3.05) is 5.32 Å². The summed E-state index contributed by atoms with van der Waals surface area (Å²) in [7, 11) is 0. The first-order valence-electron chi connectivity index (χ1n) is 7.57. The smallest absolute Gasteiger partial charge is 0.226 e. The van der Waals surface area contributed by atoms with E-state index in [4.69, 9.17) is 5.73 Å². The van der Waals surface area contributed by atoms with Crippen LogP contribution >= 0.6 is 11.3 Å². The van der Waals surface area contributed by atoms with E-state index in [0.717, 1.165) is 0 Å². The van der Waals surface area contributed by atoms with E-state index >= 15 is 0 Å². The molecule has 1 saturated carbocycles. The molecule has 5 nitrogen and oxygen atoms in total. The highest BCUT2D eigenvalue weighted by Gasteiger charge is 2.22. The number of nitrogens with zero attached hydrogens (tertiary/aromatic N) is 1. The Morgan fingerprint density at radius 1 is 1.43 bits per heavy atom. The molecule has 0 bridgehead atoms. The molecule has 3 N–H and O–H groups in total. The fourth-order valence-electron chi connectivity index (χ4n) is 2.96. The van der Waals surface area contributed by atoms with E-state index in [1.807, 2.05) is 0 Å². The van der Waals surface area contributed by atoms with Gasteiger partial charge in [0.15, 0.2) is 5.13 Å². The van der Waals surface area contributed by atoms with Gasteiger partial charge < -0.3 is 11.1 Å². The van der Waals surface area contributed by atoms with Crippen molar-refractivity contribution in [3.63, 3.8) is 0 Å². The van der Waals surface area contributed by atoms with Crippen molar-refractivity contribution in [2.45, 2.75) is 51.9 Å². The molecule has 6 heteroatoms. The molecule has 0 spiro atoms. The summed E-state index contributed by atoms with van der Waals surface area (Å²) >= 11 is 1.33. The summed E-state index contributed by atoms with van der Waals surface area (Å²) in [6.45, 7) is 2.16. The van der Waals surface area contributed by atoms with Crippen molar-refractivity contribution in [3.05, 3.63) is 11.1 Å². The Kier molecular flexibility index (Phi) is 5.73. The number of carbonyl (C=O) groups excluding carboxylic acids is 2. The average Bonchev–Trinajstić information content (AvgIpc) is 2.85. The third-order valence-corrected chi connectivity index (χ3v) is 4.92. The molecule has 1 aromatic heterocycles. The summed E-state index contributed by atoms with van der Waals surface area (Å²) in [6.07, 6.45) is 7.06. The normalized spacial score (nSPS) is 17.4. The van der Waals surface area contributed by atoms with Gasteiger partial charge in [0.25, 0.3) is 0 Å². The lowest BCUT2D eigenvalue weighted by molar-refractivity contribution is -0.118. The topological polar surface area (TPSA) is 85.1 Å². The zero-order valence-corrected chi connectivity index (χ0v) is 13.2. The molecule has 116 valence electrons. The average molecular weight is 309 g/mol. The van der Waals surface area contributed by atoms with Crippen molar-refractivity contribution in [2.24, 2.45) is 17.6 Å². The molecular weight excluding hydrogens is 286 g/mol. The van der Waals surface area contributed by atoms with Crippen molar-refractivity contribution in [1.82, 2.24) is 4.98 Å². The Balaban J connectivity index is 1.80. The number of hydrogen-bond acceptors (Lipinski definition) is 4. The zero-order chi connectivity index (χ0) is 15.2. The van der Waals surface area contributed by atoms with Crippen LogP contribution in [0.2, 0.25) is 0 Å². The number of primary amides is 1. The molecule has 21 heavy (non-hydrogen) atoms. The fraction of sp³-hybridized carbons (Fsp3) is 0.667. The fourth-order valence-corrected chi connectivity index (χ4v) is 3.68. The highest BCUT2D eigenvalue weighted by molar-refractivity contribution is 7.13. The van der Waals surface area contributed by atoms with Gasteiger partial charge in [-0.1, -0.05) is 39.0 Å². The van der Waals surface area contributed by atoms with Gasteiger partial charge in [0.05, 0.1) is 12.1 Å². The van der Waals surface area contributed by atoms with E-state index in [1.165, 1.54) is 43.4 Å². The maximum absolute atomic E-state index is 12.1. The monoisotopic (exact) mass is 309 g/mol. The minimum Gasteiger partial charge on any atom is -0.369 e. The van der Waals surface area contributed by atoms with Crippen LogP contribution in [0.3, 0.4) is 0 Å². The lowest BCUT2D eigenvalue weighted by atomic mass is 9.79. The predicted octanol–water partition coefficient (Wildman–Crippen LogP) is 2.72. The number of anilines is 1. The number of nitrogens with two attached hydrogens (primary N) is 1. The molecule has 0 unspecified atom stereocenters. The second-order valence-corrected chi connectivity index (χ2v) is 6.77. The third kappa shape index (κ3) is 5.12. The standard InChI is InChI=1S/C15H23N3O2S/c1-10(11-5-3-2-4-6-11)7-14(20)18-15-17-12(9-21-15)8-13(16)19/h9-11H,2-8H2,1H3,(H2,16,19)(H,17,18,20)/t10-/m0/s1. The van der Waals surface area contributed by atoms with Gasteiger partial charge in [0.2, 0.25) is 11.8 Å². The van der Waals surface area contributed by atoms with Crippen LogP contribution in [-0.2, 0) is 16.0 Å². The summed E-state index contributed by atoms with van der Waals surface area (Å²) in [5.41, 5.74) is 5.74. The number of rotatable bonds is 6. The lowest BCUT2D eigenvalue weighted by Crippen LogP contribution is -2.22. The van der Waals surface area contributed by atoms with E-state index in [9.17, 15) is 9.59 Å². The van der Waals surface area contributed by atoms with Gasteiger partial charge in [-0.15, -0.1) is 11.3 Å². The molecule has 1 heterocycles. The minimum atomic E-state index is -0.413. The molecule has 1 aliphatic rings. The van der Waals surface area contributed by atoms with Gasteiger partial charge in [-0.05, 0) is 11.8 Å². The first-order chi connectivity index (χ1) is 10.0. The Morgan fingerprint density at radius 3 is 2.81 bits per heavy atom. The van der Waals surface area contributed by atoms with Crippen LogP contribution in [0, 0.1) is 11.8 Å². The number of amides is 2. The van der Waals surface area contributed by atoms with Gasteiger partial charge in [-0.2, -0.15) is 0 Å². The van der Waals surface area contributed by atoms with Crippen LogP contribution in [0.4, 0.5) is 5.13 Å². The van der Waals surface area contributed by atoms with Crippen molar-refractivity contribution < 1.29 is 9.59 Å². The van der Waals surface area contributed by atoms with Gasteiger partial charge >= 0.3 is 0 Å². The SMILES string of the molecule is C[C@@H](CC(=O)Nc1nc(CC(N)=O)cs1)C1CCCCC1. The Labute approximate surface area is 129 Å². The summed E-state index contributed by atoms with van der Waals surface area (Å²) in [4.78, 5) is 27.1. The van der Waals surface area contributed by atoms with E-state index in [0.29, 0.717) is 29.1 Å². The summed E-state index contributed by atoms with van der Waals surface area (Å²) in [5.74, 6) is 0.679. The molecule has 1 aliphatic carbocycles.